The van der Waals surface area contributed by atoms with Crippen molar-refractivity contribution in [1.82, 2.24) is 0 Å². The highest BCUT2D eigenvalue weighted by Crippen LogP contribution is 2.26. The highest BCUT2D eigenvalue weighted by molar-refractivity contribution is 5.74. The number of benzene rings is 3. The zero-order valence-corrected chi connectivity index (χ0v) is 28.4. The van der Waals surface area contributed by atoms with Gasteiger partial charge in [0.1, 0.15) is 11.6 Å². The zero-order chi connectivity index (χ0) is 32.8. The van der Waals surface area contributed by atoms with Gasteiger partial charge in [0.05, 0.1) is 4.92 Å². The van der Waals surface area contributed by atoms with Gasteiger partial charge in [-0.25, -0.2) is 0 Å². The minimum absolute atomic E-state index is 0.0696. The number of anilines is 1. The first-order chi connectivity index (χ1) is 22.5. The van der Waals surface area contributed by atoms with Gasteiger partial charge in [0.15, 0.2) is 0 Å². The van der Waals surface area contributed by atoms with Crippen molar-refractivity contribution in [2.24, 2.45) is 0 Å². The number of nitro benzene ring substituents is 1. The summed E-state index contributed by atoms with van der Waals surface area (Å²) in [4.78, 5) is 13.2. The minimum atomic E-state index is -0.524. The van der Waals surface area contributed by atoms with Crippen LogP contribution in [0, 0.1) is 21.4 Å². The maximum atomic E-state index is 11.1. The van der Waals surface area contributed by atoms with E-state index in [2.05, 4.69) is 67.3 Å². The van der Waals surface area contributed by atoms with Crippen LogP contribution < -0.4 is 4.90 Å². The predicted molar refractivity (Wildman–Crippen MR) is 196 cm³/mol. The molecule has 0 radical (unpaired) electrons. The second kappa shape index (κ2) is 21.8. The average molecular weight is 622 g/mol. The highest BCUT2D eigenvalue weighted by Gasteiger charge is 2.13. The lowest BCUT2D eigenvalue weighted by Gasteiger charge is -2.25. The molecule has 0 aliphatic carbocycles. The highest BCUT2D eigenvalue weighted by atomic mass is 16.6. The fourth-order valence-corrected chi connectivity index (χ4v) is 5.99. The van der Waals surface area contributed by atoms with Crippen LogP contribution in [0.15, 0.2) is 66.7 Å². The molecular formula is C41H55N3O2. The van der Waals surface area contributed by atoms with Crippen LogP contribution in [0.5, 0.6) is 0 Å². The molecule has 0 saturated heterocycles. The van der Waals surface area contributed by atoms with Crippen LogP contribution in [0.2, 0.25) is 0 Å². The van der Waals surface area contributed by atoms with Gasteiger partial charge in [-0.15, -0.1) is 0 Å². The van der Waals surface area contributed by atoms with Crippen LogP contribution >= 0.6 is 0 Å². The molecule has 5 nitrogen and oxygen atoms in total. The van der Waals surface area contributed by atoms with Gasteiger partial charge in [-0.2, -0.15) is 5.26 Å². The van der Waals surface area contributed by atoms with E-state index in [9.17, 15) is 15.4 Å². The summed E-state index contributed by atoms with van der Waals surface area (Å²) in [6.07, 6.45) is 25.4. The van der Waals surface area contributed by atoms with E-state index >= 15 is 0 Å². The fourth-order valence-electron chi connectivity index (χ4n) is 5.99. The number of unbranched alkanes of at least 4 members (excludes halogenated alkanes) is 14. The molecule has 0 aliphatic rings. The predicted octanol–water partition coefficient (Wildman–Crippen LogP) is 12.4. The van der Waals surface area contributed by atoms with E-state index in [4.69, 9.17) is 0 Å². The van der Waals surface area contributed by atoms with Gasteiger partial charge in [-0.05, 0) is 59.4 Å². The zero-order valence-electron chi connectivity index (χ0n) is 28.4. The molecule has 0 unspecified atom stereocenters. The first-order valence-corrected chi connectivity index (χ1v) is 17.9. The Morgan fingerprint density at radius 3 is 1.54 bits per heavy atom. The Balaban J connectivity index is 1.57. The van der Waals surface area contributed by atoms with Gasteiger partial charge in [0.2, 0.25) is 0 Å². The van der Waals surface area contributed by atoms with E-state index in [0.717, 1.165) is 24.2 Å². The van der Waals surface area contributed by atoms with E-state index in [1.165, 1.54) is 126 Å². The molecule has 3 aromatic carbocycles. The largest absolute Gasteiger partial charge is 0.372 e. The molecule has 0 fully saturated rings. The van der Waals surface area contributed by atoms with Crippen LogP contribution in [-0.2, 0) is 0 Å². The van der Waals surface area contributed by atoms with Crippen molar-refractivity contribution < 1.29 is 4.92 Å². The second-order valence-electron chi connectivity index (χ2n) is 12.6. The molecule has 0 aromatic heterocycles. The lowest BCUT2D eigenvalue weighted by Crippen LogP contribution is -2.25. The van der Waals surface area contributed by atoms with E-state index in [0.29, 0.717) is 0 Å². The summed E-state index contributed by atoms with van der Waals surface area (Å²) in [5, 5.41) is 20.4. The Labute approximate surface area is 278 Å². The van der Waals surface area contributed by atoms with Gasteiger partial charge in [-0.3, -0.25) is 10.1 Å². The molecule has 0 N–H and O–H groups in total. The van der Waals surface area contributed by atoms with E-state index in [1.807, 2.05) is 18.2 Å². The first kappa shape index (κ1) is 36.6. The van der Waals surface area contributed by atoms with Crippen molar-refractivity contribution in [2.75, 3.05) is 18.0 Å². The Bertz CT molecular complexity index is 1340. The molecule has 0 spiro atoms. The van der Waals surface area contributed by atoms with Crippen molar-refractivity contribution in [2.45, 2.75) is 117 Å². The Kier molecular flexibility index (Phi) is 17.3. The third-order valence-corrected chi connectivity index (χ3v) is 8.85. The number of nitrogens with zero attached hydrogens (tertiary/aromatic N) is 3. The van der Waals surface area contributed by atoms with E-state index in [-0.39, 0.29) is 11.3 Å². The molecule has 46 heavy (non-hydrogen) atoms. The Morgan fingerprint density at radius 1 is 0.630 bits per heavy atom. The van der Waals surface area contributed by atoms with Crippen molar-refractivity contribution >= 4 is 23.5 Å². The number of nitro groups is 1. The van der Waals surface area contributed by atoms with Crippen LogP contribution in [0.4, 0.5) is 11.4 Å². The SMILES string of the molecule is CCCCCCCCCCN(CCCCCCCCCC)c1ccc(-c2ccc(C=Cc3ccc([N+](=O)[O-])c(C#N)c3)cc2)cc1. The molecular weight excluding hydrogens is 566 g/mol. The van der Waals surface area contributed by atoms with Crippen LogP contribution in [-0.4, -0.2) is 18.0 Å². The van der Waals surface area contributed by atoms with E-state index in [1.54, 1.807) is 12.1 Å². The van der Waals surface area contributed by atoms with Crippen molar-refractivity contribution in [1.29, 1.82) is 5.26 Å². The molecule has 0 saturated carbocycles. The molecule has 0 aliphatic heterocycles. The summed E-state index contributed by atoms with van der Waals surface area (Å²) in [7, 11) is 0. The second-order valence-corrected chi connectivity index (χ2v) is 12.6. The molecule has 3 aromatic rings. The number of hydrogen-bond acceptors (Lipinski definition) is 4. The fraction of sp³-hybridized carbons (Fsp3) is 0.488. The Hall–Kier alpha value is -3.91. The lowest BCUT2D eigenvalue weighted by atomic mass is 10.0. The van der Waals surface area contributed by atoms with Gasteiger partial charge in [0, 0.05) is 24.8 Å². The maximum absolute atomic E-state index is 11.1. The summed E-state index contributed by atoms with van der Waals surface area (Å²) in [5.41, 5.74) is 5.38. The number of hydrogen-bond donors (Lipinski definition) is 0. The molecule has 5 heteroatoms. The van der Waals surface area contributed by atoms with Crippen molar-refractivity contribution in [3.8, 4) is 17.2 Å². The van der Waals surface area contributed by atoms with Gasteiger partial charge >= 0.3 is 0 Å². The molecule has 0 amide bonds. The number of rotatable bonds is 23. The van der Waals surface area contributed by atoms with Crippen LogP contribution in [0.1, 0.15) is 133 Å². The summed E-state index contributed by atoms with van der Waals surface area (Å²) >= 11 is 0. The quantitative estimate of drug-likeness (QED) is 0.0457. The van der Waals surface area contributed by atoms with Crippen molar-refractivity contribution in [3.63, 3.8) is 0 Å². The summed E-state index contributed by atoms with van der Waals surface area (Å²) in [6, 6.07) is 24.0. The Morgan fingerprint density at radius 2 is 1.07 bits per heavy atom. The molecule has 0 atom stereocenters. The van der Waals surface area contributed by atoms with Gasteiger partial charge in [0.25, 0.3) is 5.69 Å². The molecule has 0 heterocycles. The first-order valence-electron chi connectivity index (χ1n) is 17.9. The molecule has 0 bridgehead atoms. The monoisotopic (exact) mass is 621 g/mol. The lowest BCUT2D eigenvalue weighted by molar-refractivity contribution is -0.385. The third-order valence-electron chi connectivity index (χ3n) is 8.85. The smallest absolute Gasteiger partial charge is 0.287 e. The standard InChI is InChI=1S/C41H55N3O2/c1-3-5-7-9-11-13-15-17-31-43(32-18-16-14-12-10-8-6-4-2)40-28-26-38(27-29-40)37-24-21-35(22-25-37)19-20-36-23-30-41(44(45)46)39(33-36)34-42/h19-30,33H,3-18,31-32H2,1-2H3. The summed E-state index contributed by atoms with van der Waals surface area (Å²) in [6.45, 7) is 6.83. The van der Waals surface area contributed by atoms with Crippen LogP contribution in [0.3, 0.4) is 0 Å². The normalized spacial score (nSPS) is 11.2. The maximum Gasteiger partial charge on any atom is 0.287 e. The van der Waals surface area contributed by atoms with Crippen LogP contribution in [0.25, 0.3) is 23.3 Å². The van der Waals surface area contributed by atoms with Gasteiger partial charge < -0.3 is 4.90 Å². The third kappa shape index (κ3) is 13.2. The average Bonchev–Trinajstić information content (AvgIpc) is 3.08. The van der Waals surface area contributed by atoms with E-state index < -0.39 is 4.92 Å². The molecule has 3 rings (SSSR count). The molecule has 246 valence electrons. The summed E-state index contributed by atoms with van der Waals surface area (Å²) in [5.74, 6) is 0. The van der Waals surface area contributed by atoms with Gasteiger partial charge in [-0.1, -0.05) is 152 Å². The van der Waals surface area contributed by atoms with Crippen molar-refractivity contribution in [3.05, 3.63) is 93.5 Å². The topological polar surface area (TPSA) is 70.2 Å². The summed E-state index contributed by atoms with van der Waals surface area (Å²) < 4.78 is 0. The minimum Gasteiger partial charge on any atom is -0.372 e. The number of nitriles is 1.